The standard InChI is InChI=1S/C23H36O3/c1-17(12-19(3)14-24)11-18(2)13-20(4)23(25)21(5)15-26-16-22-9-7-6-8-10-22/h6-10,12-13,19-21,23-25H,11,14-16H2,1-5H3/b17-12-,18-13+/t19?,20?,21-,23?/m1/s1. The average molecular weight is 361 g/mol. The molecule has 0 heterocycles. The second kappa shape index (κ2) is 12.1. The summed E-state index contributed by atoms with van der Waals surface area (Å²) in [7, 11) is 0. The lowest BCUT2D eigenvalue weighted by Crippen LogP contribution is -2.28. The molecule has 0 aliphatic carbocycles. The summed E-state index contributed by atoms with van der Waals surface area (Å²) in [4.78, 5) is 0. The van der Waals surface area contributed by atoms with Gasteiger partial charge in [-0.1, -0.05) is 74.4 Å². The van der Waals surface area contributed by atoms with Gasteiger partial charge in [0.15, 0.2) is 0 Å². The number of allylic oxidation sites excluding steroid dienone is 2. The van der Waals surface area contributed by atoms with Gasteiger partial charge in [-0.25, -0.2) is 0 Å². The summed E-state index contributed by atoms with van der Waals surface area (Å²) in [6, 6.07) is 10.1. The third-order valence-electron chi connectivity index (χ3n) is 4.58. The molecule has 0 spiro atoms. The third-order valence-corrected chi connectivity index (χ3v) is 4.58. The Morgan fingerprint density at radius 2 is 1.65 bits per heavy atom. The van der Waals surface area contributed by atoms with E-state index in [0.29, 0.717) is 13.2 Å². The van der Waals surface area contributed by atoms with E-state index in [2.05, 4.69) is 32.9 Å². The minimum absolute atomic E-state index is 0.0730. The van der Waals surface area contributed by atoms with Crippen LogP contribution in [0.3, 0.4) is 0 Å². The summed E-state index contributed by atoms with van der Waals surface area (Å²) in [6.45, 7) is 11.6. The number of aliphatic hydroxyl groups excluding tert-OH is 2. The number of benzene rings is 1. The number of ether oxygens (including phenoxy) is 1. The van der Waals surface area contributed by atoms with Crippen LogP contribution in [0.5, 0.6) is 0 Å². The highest BCUT2D eigenvalue weighted by atomic mass is 16.5. The number of hydrogen-bond acceptors (Lipinski definition) is 3. The van der Waals surface area contributed by atoms with Crippen molar-refractivity contribution in [1.82, 2.24) is 0 Å². The first-order valence-electron chi connectivity index (χ1n) is 9.58. The predicted octanol–water partition coefficient (Wildman–Crippen LogP) is 4.75. The average Bonchev–Trinajstić information content (AvgIpc) is 2.61. The molecule has 0 aromatic heterocycles. The molecule has 0 aliphatic heterocycles. The van der Waals surface area contributed by atoms with Crippen LogP contribution in [-0.4, -0.2) is 29.5 Å². The highest BCUT2D eigenvalue weighted by Gasteiger charge is 2.20. The molecule has 1 rings (SSSR count). The summed E-state index contributed by atoms with van der Waals surface area (Å²) in [5, 5.41) is 19.7. The van der Waals surface area contributed by atoms with Gasteiger partial charge in [0.1, 0.15) is 0 Å². The van der Waals surface area contributed by atoms with Crippen molar-refractivity contribution >= 4 is 0 Å². The molecule has 0 amide bonds. The highest BCUT2D eigenvalue weighted by Crippen LogP contribution is 2.20. The van der Waals surface area contributed by atoms with Crippen LogP contribution >= 0.6 is 0 Å². The van der Waals surface area contributed by atoms with Gasteiger partial charge in [0.25, 0.3) is 0 Å². The fraction of sp³-hybridized carbons (Fsp3) is 0.565. The molecule has 3 heteroatoms. The lowest BCUT2D eigenvalue weighted by atomic mass is 9.91. The van der Waals surface area contributed by atoms with E-state index in [4.69, 9.17) is 9.84 Å². The Morgan fingerprint density at radius 3 is 2.27 bits per heavy atom. The molecule has 0 fully saturated rings. The molecule has 26 heavy (non-hydrogen) atoms. The molecule has 146 valence electrons. The smallest absolute Gasteiger partial charge is 0.0717 e. The molecular formula is C23H36O3. The lowest BCUT2D eigenvalue weighted by Gasteiger charge is -2.23. The minimum Gasteiger partial charge on any atom is -0.396 e. The first-order chi connectivity index (χ1) is 12.3. The van der Waals surface area contributed by atoms with E-state index in [9.17, 15) is 5.11 Å². The molecule has 0 aliphatic rings. The summed E-state index contributed by atoms with van der Waals surface area (Å²) >= 11 is 0. The topological polar surface area (TPSA) is 49.7 Å². The maximum absolute atomic E-state index is 10.6. The van der Waals surface area contributed by atoms with Crippen LogP contribution in [0, 0.1) is 17.8 Å². The van der Waals surface area contributed by atoms with E-state index in [-0.39, 0.29) is 24.4 Å². The second-order valence-electron chi connectivity index (χ2n) is 7.69. The Hall–Kier alpha value is -1.42. The zero-order chi connectivity index (χ0) is 19.5. The molecule has 4 atom stereocenters. The monoisotopic (exact) mass is 360 g/mol. The van der Waals surface area contributed by atoms with Crippen molar-refractivity contribution in [2.45, 2.75) is 53.8 Å². The number of aliphatic hydroxyl groups is 2. The van der Waals surface area contributed by atoms with Crippen LogP contribution in [0.25, 0.3) is 0 Å². The molecule has 3 nitrogen and oxygen atoms in total. The van der Waals surface area contributed by atoms with Gasteiger partial charge in [-0.3, -0.25) is 0 Å². The Morgan fingerprint density at radius 1 is 1.04 bits per heavy atom. The van der Waals surface area contributed by atoms with E-state index in [0.717, 1.165) is 12.0 Å². The van der Waals surface area contributed by atoms with Gasteiger partial charge in [0.2, 0.25) is 0 Å². The van der Waals surface area contributed by atoms with E-state index in [1.54, 1.807) is 0 Å². The quantitative estimate of drug-likeness (QED) is 0.560. The third kappa shape index (κ3) is 8.79. The molecule has 0 saturated carbocycles. The molecule has 1 aromatic rings. The van der Waals surface area contributed by atoms with Crippen molar-refractivity contribution in [3.63, 3.8) is 0 Å². The van der Waals surface area contributed by atoms with Crippen LogP contribution in [0.1, 0.15) is 46.6 Å². The van der Waals surface area contributed by atoms with Crippen LogP contribution in [0.4, 0.5) is 0 Å². The van der Waals surface area contributed by atoms with Crippen LogP contribution in [-0.2, 0) is 11.3 Å². The molecule has 0 bridgehead atoms. The Bertz CT molecular complexity index is 562. The van der Waals surface area contributed by atoms with Crippen molar-refractivity contribution in [3.8, 4) is 0 Å². The number of rotatable bonds is 11. The largest absolute Gasteiger partial charge is 0.396 e. The Balaban J connectivity index is 2.46. The Kier molecular flexibility index (Phi) is 10.5. The maximum atomic E-state index is 10.6. The van der Waals surface area contributed by atoms with Gasteiger partial charge in [-0.2, -0.15) is 0 Å². The first-order valence-corrected chi connectivity index (χ1v) is 9.58. The van der Waals surface area contributed by atoms with Gasteiger partial charge in [0, 0.05) is 18.4 Å². The van der Waals surface area contributed by atoms with Crippen molar-refractivity contribution in [1.29, 1.82) is 0 Å². The SMILES string of the molecule is C/C(=C/C(C)CO)C/C(C)=C/C(C)C(O)[C@H](C)COCc1ccccc1. The van der Waals surface area contributed by atoms with Gasteiger partial charge in [0.05, 0.1) is 19.3 Å². The van der Waals surface area contributed by atoms with E-state index in [1.165, 1.54) is 11.1 Å². The van der Waals surface area contributed by atoms with Crippen molar-refractivity contribution in [2.75, 3.05) is 13.2 Å². The number of hydrogen-bond donors (Lipinski definition) is 2. The van der Waals surface area contributed by atoms with Gasteiger partial charge >= 0.3 is 0 Å². The fourth-order valence-corrected chi connectivity index (χ4v) is 3.20. The summed E-state index contributed by atoms with van der Waals surface area (Å²) in [6.07, 6.45) is 4.71. The maximum Gasteiger partial charge on any atom is 0.0717 e. The van der Waals surface area contributed by atoms with Crippen molar-refractivity contribution in [2.24, 2.45) is 17.8 Å². The van der Waals surface area contributed by atoms with Crippen LogP contribution in [0.2, 0.25) is 0 Å². The van der Waals surface area contributed by atoms with Crippen molar-refractivity contribution in [3.05, 3.63) is 59.2 Å². The zero-order valence-electron chi connectivity index (χ0n) is 17.0. The molecule has 1 aromatic carbocycles. The summed E-state index contributed by atoms with van der Waals surface area (Å²) in [5.74, 6) is 0.338. The van der Waals surface area contributed by atoms with Crippen molar-refractivity contribution < 1.29 is 14.9 Å². The molecule has 3 unspecified atom stereocenters. The van der Waals surface area contributed by atoms with E-state index >= 15 is 0 Å². The minimum atomic E-state index is -0.429. The van der Waals surface area contributed by atoms with Gasteiger partial charge < -0.3 is 14.9 Å². The second-order valence-corrected chi connectivity index (χ2v) is 7.69. The molecule has 0 radical (unpaired) electrons. The Labute approximate surface area is 159 Å². The van der Waals surface area contributed by atoms with Gasteiger partial charge in [-0.05, 0) is 31.7 Å². The van der Waals surface area contributed by atoms with E-state index in [1.807, 2.05) is 44.2 Å². The van der Waals surface area contributed by atoms with Gasteiger partial charge in [-0.15, -0.1) is 0 Å². The summed E-state index contributed by atoms with van der Waals surface area (Å²) in [5.41, 5.74) is 3.64. The first kappa shape index (κ1) is 22.6. The molecular weight excluding hydrogens is 324 g/mol. The normalized spacial score (nSPS) is 17.7. The lowest BCUT2D eigenvalue weighted by molar-refractivity contribution is 0.0132. The zero-order valence-corrected chi connectivity index (χ0v) is 17.0. The predicted molar refractivity (Wildman–Crippen MR) is 109 cm³/mol. The van der Waals surface area contributed by atoms with E-state index < -0.39 is 6.10 Å². The van der Waals surface area contributed by atoms with Crippen LogP contribution in [0.15, 0.2) is 53.6 Å². The molecule has 2 N–H and O–H groups in total. The fourth-order valence-electron chi connectivity index (χ4n) is 3.20. The highest BCUT2D eigenvalue weighted by molar-refractivity contribution is 5.14. The van der Waals surface area contributed by atoms with Crippen LogP contribution < -0.4 is 0 Å². The summed E-state index contributed by atoms with van der Waals surface area (Å²) < 4.78 is 5.76. The molecule has 0 saturated heterocycles.